The van der Waals surface area contributed by atoms with Gasteiger partial charge in [0.05, 0.1) is 14.4 Å². The number of anilines is 1. The fourth-order valence-corrected chi connectivity index (χ4v) is 2.83. The van der Waals surface area contributed by atoms with Crippen LogP contribution in [0.5, 0.6) is 0 Å². The van der Waals surface area contributed by atoms with Gasteiger partial charge >= 0.3 is 59.1 Å². The molecule has 15 nitrogen and oxygen atoms in total. The Labute approximate surface area is 200 Å². The number of hydrogen-bond acceptors (Lipinski definition) is 12. The summed E-state index contributed by atoms with van der Waals surface area (Å²) in [4.78, 5) is 35.4. The zero-order valence-electron chi connectivity index (χ0n) is 14.7. The SMILES string of the molecule is [N-]=[N+]=Nc1nc2c(N)ncnc2n1[C@@H]1O[C@H](COP(=O)([O-])[O-])[C@@H](O)[C@H]1O.[Na+].[Na+]. The number of aromatic nitrogens is 4. The molecular weight excluding hydrogens is 421 g/mol. The zero-order chi connectivity index (χ0) is 19.1. The number of aliphatic hydroxyl groups excluding tert-OH is 2. The second-order valence-electron chi connectivity index (χ2n) is 5.19. The van der Waals surface area contributed by atoms with Crippen molar-refractivity contribution in [3.63, 3.8) is 0 Å². The molecule has 0 aromatic carbocycles. The van der Waals surface area contributed by atoms with Gasteiger partial charge in [0, 0.05) is 4.91 Å². The number of nitrogens with two attached hydrogens (primary N) is 1. The number of hydrogen-bond donors (Lipinski definition) is 3. The van der Waals surface area contributed by atoms with Gasteiger partial charge in [0.15, 0.2) is 23.2 Å². The number of nitrogen functional groups attached to an aromatic ring is 1. The summed E-state index contributed by atoms with van der Waals surface area (Å²) in [6.07, 6.45) is -4.86. The van der Waals surface area contributed by atoms with E-state index in [0.717, 1.165) is 10.9 Å². The molecule has 2 aromatic heterocycles. The van der Waals surface area contributed by atoms with Gasteiger partial charge in [0.25, 0.3) is 0 Å². The Bertz CT molecular complexity index is 934. The number of fused-ring (bicyclic) bond motifs is 1. The van der Waals surface area contributed by atoms with Crippen LogP contribution in [0.2, 0.25) is 0 Å². The Balaban J connectivity index is 0.00000196. The molecule has 0 amide bonds. The summed E-state index contributed by atoms with van der Waals surface area (Å²) >= 11 is 0. The minimum atomic E-state index is -5.31. The molecule has 0 spiro atoms. The summed E-state index contributed by atoms with van der Waals surface area (Å²) < 4.78 is 21.1. The van der Waals surface area contributed by atoms with Crippen molar-refractivity contribution in [2.75, 3.05) is 12.3 Å². The second-order valence-corrected chi connectivity index (χ2v) is 6.34. The molecule has 18 heteroatoms. The monoisotopic (exact) mass is 432 g/mol. The maximum absolute atomic E-state index is 10.6. The molecule has 4 atom stereocenters. The average molecular weight is 432 g/mol. The molecule has 140 valence electrons. The number of phosphoric acid groups is 1. The minimum Gasteiger partial charge on any atom is -0.790 e. The van der Waals surface area contributed by atoms with Gasteiger partial charge in [-0.3, -0.25) is 4.57 Å². The second kappa shape index (κ2) is 10.1. The van der Waals surface area contributed by atoms with Crippen molar-refractivity contribution < 1.29 is 92.9 Å². The fraction of sp³-hybridized carbons (Fsp3) is 0.500. The molecule has 2 aromatic rings. The summed E-state index contributed by atoms with van der Waals surface area (Å²) in [7, 11) is -5.31. The number of azide groups is 1. The third kappa shape index (κ3) is 5.22. The Hall–Kier alpha value is -0.350. The molecule has 0 bridgehead atoms. The van der Waals surface area contributed by atoms with Crippen LogP contribution in [0.1, 0.15) is 6.23 Å². The molecule has 1 saturated heterocycles. The first-order chi connectivity index (χ1) is 12.2. The van der Waals surface area contributed by atoms with E-state index in [4.69, 9.17) is 16.0 Å². The first-order valence-electron chi connectivity index (χ1n) is 6.94. The van der Waals surface area contributed by atoms with Crippen molar-refractivity contribution in [2.24, 2.45) is 5.11 Å². The molecule has 0 unspecified atom stereocenters. The summed E-state index contributed by atoms with van der Waals surface area (Å²) in [5.74, 6) is -0.319. The average Bonchev–Trinajstić information content (AvgIpc) is 3.05. The number of nitrogens with zero attached hydrogens (tertiary/aromatic N) is 7. The van der Waals surface area contributed by atoms with Gasteiger partial charge in [0.1, 0.15) is 24.6 Å². The Morgan fingerprint density at radius 1 is 1.39 bits per heavy atom. The third-order valence-electron chi connectivity index (χ3n) is 3.61. The van der Waals surface area contributed by atoms with Gasteiger partial charge in [-0.15, -0.1) is 0 Å². The molecular formula is C10H11N8Na2O7P. The smallest absolute Gasteiger partial charge is 0.790 e. The molecule has 1 aliphatic heterocycles. The Morgan fingerprint density at radius 3 is 2.68 bits per heavy atom. The van der Waals surface area contributed by atoms with Crippen LogP contribution >= 0.6 is 7.82 Å². The van der Waals surface area contributed by atoms with E-state index in [1.165, 1.54) is 0 Å². The fourth-order valence-electron chi connectivity index (χ4n) is 2.50. The Kier molecular flexibility index (Phi) is 9.27. The molecule has 1 fully saturated rings. The summed E-state index contributed by atoms with van der Waals surface area (Å²) in [6, 6.07) is 0. The van der Waals surface area contributed by atoms with Gasteiger partial charge in [0.2, 0.25) is 5.95 Å². The van der Waals surface area contributed by atoms with E-state index in [-0.39, 0.29) is 82.0 Å². The minimum absolute atomic E-state index is 0. The molecule has 3 rings (SSSR count). The van der Waals surface area contributed by atoms with E-state index < -0.39 is 39.0 Å². The number of aliphatic hydroxyl groups is 2. The number of ether oxygens (including phenoxy) is 1. The maximum atomic E-state index is 10.6. The van der Waals surface area contributed by atoms with Crippen LogP contribution in [0, 0.1) is 0 Å². The number of rotatable bonds is 5. The van der Waals surface area contributed by atoms with Crippen LogP contribution in [0.4, 0.5) is 11.8 Å². The van der Waals surface area contributed by atoms with Crippen LogP contribution in [0.25, 0.3) is 21.6 Å². The summed E-state index contributed by atoms with van der Waals surface area (Å²) in [6.45, 7) is -0.820. The van der Waals surface area contributed by atoms with E-state index in [1.807, 2.05) is 0 Å². The normalized spacial score (nSPS) is 24.3. The molecule has 3 heterocycles. The van der Waals surface area contributed by atoms with E-state index in [9.17, 15) is 24.6 Å². The Morgan fingerprint density at radius 2 is 2.07 bits per heavy atom. The summed E-state index contributed by atoms with van der Waals surface area (Å²) in [5, 5.41) is 23.6. The molecule has 0 saturated carbocycles. The van der Waals surface area contributed by atoms with Crippen LogP contribution < -0.4 is 74.6 Å². The van der Waals surface area contributed by atoms with E-state index in [2.05, 4.69) is 29.5 Å². The quantitative estimate of drug-likeness (QED) is 0.132. The van der Waals surface area contributed by atoms with Crippen LogP contribution in [-0.2, 0) is 13.8 Å². The van der Waals surface area contributed by atoms with Gasteiger partial charge in [-0.25, -0.2) is 15.0 Å². The van der Waals surface area contributed by atoms with Crippen molar-refractivity contribution in [3.8, 4) is 0 Å². The third-order valence-corrected chi connectivity index (χ3v) is 4.07. The van der Waals surface area contributed by atoms with Crippen molar-refractivity contribution in [2.45, 2.75) is 24.5 Å². The van der Waals surface area contributed by atoms with E-state index in [1.54, 1.807) is 0 Å². The first-order valence-corrected chi connectivity index (χ1v) is 8.40. The van der Waals surface area contributed by atoms with Gasteiger partial charge in [-0.2, -0.15) is 0 Å². The molecule has 1 aliphatic rings. The summed E-state index contributed by atoms with van der Waals surface area (Å²) in [5.41, 5.74) is 14.5. The van der Waals surface area contributed by atoms with Gasteiger partial charge < -0.3 is 39.6 Å². The van der Waals surface area contributed by atoms with E-state index >= 15 is 0 Å². The molecule has 0 aliphatic carbocycles. The van der Waals surface area contributed by atoms with Gasteiger partial charge in [-0.05, 0) is 10.6 Å². The standard InChI is InChI=1S/C10H13N8O7P.2Na/c11-7-4-8(14-2-13-7)18(10(15-4)16-17-12)9-6(20)5(19)3(25-9)1-24-26(21,22)23;;/h2-3,5-6,9,19-20H,1H2,(H2,11,13,14)(H2,21,22,23);;/q;2*+1/p-2/t3-,5-,6-,9-;;/m1../s1. The molecule has 4 N–H and O–H groups in total. The largest absolute Gasteiger partial charge is 1.00 e. The van der Waals surface area contributed by atoms with Crippen molar-refractivity contribution in [1.82, 2.24) is 19.5 Å². The van der Waals surface area contributed by atoms with E-state index in [0.29, 0.717) is 0 Å². The van der Waals surface area contributed by atoms with Crippen LogP contribution in [-0.4, -0.2) is 54.7 Å². The van der Waals surface area contributed by atoms with Crippen molar-refractivity contribution in [3.05, 3.63) is 16.8 Å². The van der Waals surface area contributed by atoms with Gasteiger partial charge in [-0.1, -0.05) is 0 Å². The topological polar surface area (TPSA) is 240 Å². The number of phosphoric ester groups is 1. The zero-order valence-corrected chi connectivity index (χ0v) is 19.6. The van der Waals surface area contributed by atoms with Crippen LogP contribution in [0.15, 0.2) is 11.4 Å². The predicted molar refractivity (Wildman–Crippen MR) is 78.0 cm³/mol. The molecule has 28 heavy (non-hydrogen) atoms. The maximum Gasteiger partial charge on any atom is 1.00 e. The number of imidazole rings is 1. The van der Waals surface area contributed by atoms with Crippen LogP contribution in [0.3, 0.4) is 0 Å². The predicted octanol–water partition coefficient (Wildman–Crippen LogP) is -8.18. The van der Waals surface area contributed by atoms with Crippen molar-refractivity contribution in [1.29, 1.82) is 0 Å². The van der Waals surface area contributed by atoms with Crippen molar-refractivity contribution >= 4 is 30.8 Å². The molecule has 0 radical (unpaired) electrons. The first kappa shape index (κ1) is 25.7.